The van der Waals surface area contributed by atoms with Crippen molar-refractivity contribution >= 4 is 0 Å². The molecular weight excluding hydrogens is 241 g/mol. The molecule has 0 aliphatic rings. The number of halogens is 1. The Morgan fingerprint density at radius 3 is 2.33 bits per heavy atom. The van der Waals surface area contributed by atoms with Gasteiger partial charge in [0.05, 0.1) is 19.3 Å². The Hall–Kier alpha value is -1.21. The molecule has 0 aliphatic carbocycles. The van der Waals surface area contributed by atoms with Gasteiger partial charge in [-0.1, -0.05) is 0 Å². The molecular formula is C12H18FNO4. The van der Waals surface area contributed by atoms with E-state index in [9.17, 15) is 9.50 Å². The van der Waals surface area contributed by atoms with Crippen molar-refractivity contribution in [3.63, 3.8) is 0 Å². The van der Waals surface area contributed by atoms with Gasteiger partial charge in [0.1, 0.15) is 24.3 Å². The van der Waals surface area contributed by atoms with Gasteiger partial charge in [-0.2, -0.15) is 0 Å². The second-order valence-corrected chi connectivity index (χ2v) is 3.89. The van der Waals surface area contributed by atoms with Crippen LogP contribution in [0.4, 0.5) is 4.39 Å². The van der Waals surface area contributed by atoms with E-state index >= 15 is 0 Å². The molecule has 1 aromatic carbocycles. The van der Waals surface area contributed by atoms with Gasteiger partial charge >= 0.3 is 0 Å². The van der Waals surface area contributed by atoms with Gasteiger partial charge in [0.15, 0.2) is 0 Å². The van der Waals surface area contributed by atoms with Crippen LogP contribution in [0.15, 0.2) is 24.3 Å². The Morgan fingerprint density at radius 1 is 1.17 bits per heavy atom. The van der Waals surface area contributed by atoms with Crippen LogP contribution in [0.25, 0.3) is 0 Å². The molecule has 0 aromatic heterocycles. The van der Waals surface area contributed by atoms with Crippen molar-refractivity contribution < 1.29 is 24.4 Å². The molecule has 0 radical (unpaired) electrons. The fourth-order valence-corrected chi connectivity index (χ4v) is 1.27. The van der Waals surface area contributed by atoms with Crippen molar-refractivity contribution in [2.45, 2.75) is 12.1 Å². The Morgan fingerprint density at radius 2 is 1.78 bits per heavy atom. The lowest BCUT2D eigenvalue weighted by Crippen LogP contribution is -2.41. The summed E-state index contributed by atoms with van der Waals surface area (Å²) >= 11 is 0. The van der Waals surface area contributed by atoms with Crippen molar-refractivity contribution in [3.05, 3.63) is 30.1 Å². The molecule has 102 valence electrons. The zero-order valence-electron chi connectivity index (χ0n) is 9.92. The summed E-state index contributed by atoms with van der Waals surface area (Å²) in [6.45, 7) is -0.181. The van der Waals surface area contributed by atoms with Gasteiger partial charge in [-0.25, -0.2) is 4.39 Å². The van der Waals surface area contributed by atoms with E-state index in [1.54, 1.807) is 0 Å². The van der Waals surface area contributed by atoms with Crippen LogP contribution in [0.1, 0.15) is 0 Å². The average molecular weight is 259 g/mol. The summed E-state index contributed by atoms with van der Waals surface area (Å²) in [6, 6.07) is 5.03. The molecule has 0 amide bonds. The Balaban J connectivity index is 2.24. The molecule has 6 heteroatoms. The number of hydrogen-bond acceptors (Lipinski definition) is 5. The van der Waals surface area contributed by atoms with E-state index in [1.165, 1.54) is 24.3 Å². The lowest BCUT2D eigenvalue weighted by Gasteiger charge is -2.17. The normalized spacial score (nSPS) is 12.7. The van der Waals surface area contributed by atoms with E-state index in [4.69, 9.17) is 14.9 Å². The molecule has 4 N–H and O–H groups in total. The van der Waals surface area contributed by atoms with Crippen molar-refractivity contribution in [2.75, 3.05) is 26.4 Å². The first-order chi connectivity index (χ1) is 8.65. The van der Waals surface area contributed by atoms with Gasteiger partial charge < -0.3 is 25.4 Å². The highest BCUT2D eigenvalue weighted by Gasteiger charge is 2.09. The molecule has 5 nitrogen and oxygen atoms in total. The quantitative estimate of drug-likeness (QED) is 0.506. The zero-order valence-corrected chi connectivity index (χ0v) is 9.92. The van der Waals surface area contributed by atoms with Crippen molar-refractivity contribution in [1.29, 1.82) is 0 Å². The summed E-state index contributed by atoms with van der Waals surface area (Å²) in [5, 5.41) is 30.0. The zero-order chi connectivity index (χ0) is 13.4. The van der Waals surface area contributed by atoms with Gasteiger partial charge in [0.25, 0.3) is 0 Å². The number of aliphatic hydroxyl groups is 3. The molecule has 1 aromatic rings. The third-order valence-corrected chi connectivity index (χ3v) is 2.34. The fraction of sp³-hybridized carbons (Fsp3) is 0.500. The third-order valence-electron chi connectivity index (χ3n) is 2.34. The predicted octanol–water partition coefficient (Wildman–Crippen LogP) is -0.492. The summed E-state index contributed by atoms with van der Waals surface area (Å²) in [5.41, 5.74) is 0. The van der Waals surface area contributed by atoms with Gasteiger partial charge in [0.2, 0.25) is 0 Å². The lowest BCUT2D eigenvalue weighted by atomic mass is 10.3. The molecule has 0 heterocycles. The number of aliphatic hydroxyl groups excluding tert-OH is 3. The van der Waals surface area contributed by atoms with E-state index < -0.39 is 12.1 Å². The first-order valence-corrected chi connectivity index (χ1v) is 5.67. The van der Waals surface area contributed by atoms with Crippen molar-refractivity contribution in [1.82, 2.24) is 5.32 Å². The minimum atomic E-state index is -0.782. The maximum absolute atomic E-state index is 12.6. The standard InChI is InChI=1S/C12H18FNO4/c13-9-1-3-12(4-2-9)18-8-11(17)5-14-10(6-15)7-16/h1-4,10-11,14-17H,5-8H2. The minimum absolute atomic E-state index is 0.0439. The molecule has 0 saturated heterocycles. The highest BCUT2D eigenvalue weighted by Crippen LogP contribution is 2.11. The Bertz CT molecular complexity index is 329. The summed E-state index contributed by atoms with van der Waals surface area (Å²) < 4.78 is 17.9. The fourth-order valence-electron chi connectivity index (χ4n) is 1.27. The highest BCUT2D eigenvalue weighted by molar-refractivity contribution is 5.22. The number of benzene rings is 1. The van der Waals surface area contributed by atoms with Crippen LogP contribution in [0.5, 0.6) is 5.75 Å². The summed E-state index contributed by atoms with van der Waals surface area (Å²) in [4.78, 5) is 0. The Kier molecular flexibility index (Phi) is 6.59. The number of hydrogen-bond donors (Lipinski definition) is 4. The van der Waals surface area contributed by atoms with Crippen LogP contribution in [0.3, 0.4) is 0 Å². The average Bonchev–Trinajstić information content (AvgIpc) is 2.39. The van der Waals surface area contributed by atoms with Crippen LogP contribution in [-0.4, -0.2) is 53.8 Å². The van der Waals surface area contributed by atoms with Crippen LogP contribution in [-0.2, 0) is 0 Å². The van der Waals surface area contributed by atoms with Gasteiger partial charge in [-0.3, -0.25) is 0 Å². The van der Waals surface area contributed by atoms with E-state index in [1.807, 2.05) is 0 Å². The Labute approximate surface area is 105 Å². The van der Waals surface area contributed by atoms with E-state index in [0.29, 0.717) is 5.75 Å². The summed E-state index contributed by atoms with van der Waals surface area (Å²) in [6.07, 6.45) is -0.782. The largest absolute Gasteiger partial charge is 0.491 e. The molecule has 0 spiro atoms. The van der Waals surface area contributed by atoms with Crippen LogP contribution in [0.2, 0.25) is 0 Å². The lowest BCUT2D eigenvalue weighted by molar-refractivity contribution is 0.0929. The van der Waals surface area contributed by atoms with Crippen LogP contribution < -0.4 is 10.1 Å². The minimum Gasteiger partial charge on any atom is -0.491 e. The maximum Gasteiger partial charge on any atom is 0.123 e. The molecule has 1 rings (SSSR count). The van der Waals surface area contributed by atoms with E-state index in [-0.39, 0.29) is 32.2 Å². The molecule has 0 bridgehead atoms. The molecule has 0 aliphatic heterocycles. The molecule has 1 unspecified atom stereocenters. The van der Waals surface area contributed by atoms with Crippen LogP contribution in [0, 0.1) is 5.82 Å². The second-order valence-electron chi connectivity index (χ2n) is 3.89. The van der Waals surface area contributed by atoms with Crippen molar-refractivity contribution in [3.8, 4) is 5.75 Å². The number of rotatable bonds is 8. The van der Waals surface area contributed by atoms with Gasteiger partial charge in [-0.15, -0.1) is 0 Å². The number of ether oxygens (including phenoxy) is 1. The SMILES string of the molecule is OCC(CO)NCC(O)COc1ccc(F)cc1. The van der Waals surface area contributed by atoms with Crippen LogP contribution >= 0.6 is 0 Å². The molecule has 1 atom stereocenters. The summed E-state index contributed by atoms with van der Waals surface area (Å²) in [7, 11) is 0. The molecule has 18 heavy (non-hydrogen) atoms. The van der Waals surface area contributed by atoms with E-state index in [2.05, 4.69) is 5.32 Å². The maximum atomic E-state index is 12.6. The van der Waals surface area contributed by atoms with Gasteiger partial charge in [-0.05, 0) is 24.3 Å². The van der Waals surface area contributed by atoms with Crippen molar-refractivity contribution in [2.24, 2.45) is 0 Å². The topological polar surface area (TPSA) is 82.0 Å². The monoisotopic (exact) mass is 259 g/mol. The molecule has 0 fully saturated rings. The first kappa shape index (κ1) is 14.8. The predicted molar refractivity (Wildman–Crippen MR) is 63.9 cm³/mol. The first-order valence-electron chi connectivity index (χ1n) is 5.67. The van der Waals surface area contributed by atoms with Gasteiger partial charge in [0, 0.05) is 6.54 Å². The number of nitrogens with one attached hydrogen (secondary N) is 1. The summed E-state index contributed by atoms with van der Waals surface area (Å²) in [5.74, 6) is 0.120. The smallest absolute Gasteiger partial charge is 0.123 e. The van der Waals surface area contributed by atoms with E-state index in [0.717, 1.165) is 0 Å². The third kappa shape index (κ3) is 5.42. The highest BCUT2D eigenvalue weighted by atomic mass is 19.1. The molecule has 0 saturated carbocycles. The second kappa shape index (κ2) is 7.99.